The van der Waals surface area contributed by atoms with E-state index in [-0.39, 0.29) is 11.7 Å². The quantitative estimate of drug-likeness (QED) is 0.670. The Morgan fingerprint density at radius 3 is 2.75 bits per heavy atom. The van der Waals surface area contributed by atoms with Crippen molar-refractivity contribution in [2.45, 2.75) is 19.9 Å². The molecule has 0 bridgehead atoms. The second-order valence-electron chi connectivity index (χ2n) is 4.50. The molecule has 104 valence electrons. The second kappa shape index (κ2) is 6.00. The SMILES string of the molecule is Cc1ccc([N+](=O)[O-])c(NC(C)c2cccc(Br)c2)n1. The van der Waals surface area contributed by atoms with Crippen LogP contribution >= 0.6 is 15.9 Å². The van der Waals surface area contributed by atoms with E-state index in [1.807, 2.05) is 31.2 Å². The van der Waals surface area contributed by atoms with Crippen LogP contribution in [0.3, 0.4) is 0 Å². The number of halogens is 1. The van der Waals surface area contributed by atoms with Gasteiger partial charge in [0.2, 0.25) is 5.82 Å². The van der Waals surface area contributed by atoms with Crippen molar-refractivity contribution in [1.82, 2.24) is 4.98 Å². The third kappa shape index (κ3) is 3.33. The number of nitrogens with zero attached hydrogens (tertiary/aromatic N) is 2. The number of aromatic nitrogens is 1. The summed E-state index contributed by atoms with van der Waals surface area (Å²) in [6.45, 7) is 3.74. The van der Waals surface area contributed by atoms with Crippen molar-refractivity contribution in [2.24, 2.45) is 0 Å². The van der Waals surface area contributed by atoms with E-state index < -0.39 is 4.92 Å². The average molecular weight is 336 g/mol. The molecule has 1 N–H and O–H groups in total. The van der Waals surface area contributed by atoms with Crippen LogP contribution in [0.25, 0.3) is 0 Å². The number of benzene rings is 1. The summed E-state index contributed by atoms with van der Waals surface area (Å²) in [6.07, 6.45) is 0. The van der Waals surface area contributed by atoms with E-state index >= 15 is 0 Å². The maximum atomic E-state index is 11.0. The van der Waals surface area contributed by atoms with E-state index in [2.05, 4.69) is 26.2 Å². The Bertz CT molecular complexity index is 646. The normalized spacial score (nSPS) is 11.9. The Labute approximate surface area is 125 Å². The maximum Gasteiger partial charge on any atom is 0.311 e. The zero-order valence-electron chi connectivity index (χ0n) is 11.1. The third-order valence-corrected chi connectivity index (χ3v) is 3.41. The Balaban J connectivity index is 2.29. The van der Waals surface area contributed by atoms with Gasteiger partial charge in [-0.15, -0.1) is 0 Å². The van der Waals surface area contributed by atoms with Gasteiger partial charge in [-0.05, 0) is 37.6 Å². The molecule has 5 nitrogen and oxygen atoms in total. The van der Waals surface area contributed by atoms with Crippen molar-refractivity contribution in [3.63, 3.8) is 0 Å². The number of rotatable bonds is 4. The van der Waals surface area contributed by atoms with Gasteiger partial charge >= 0.3 is 5.69 Å². The van der Waals surface area contributed by atoms with Gasteiger partial charge in [-0.3, -0.25) is 10.1 Å². The maximum absolute atomic E-state index is 11.0. The first kappa shape index (κ1) is 14.5. The molecule has 2 aromatic rings. The molecular weight excluding hydrogens is 322 g/mol. The summed E-state index contributed by atoms with van der Waals surface area (Å²) in [5.74, 6) is 0.294. The molecule has 0 spiro atoms. The van der Waals surface area contributed by atoms with E-state index in [0.717, 1.165) is 15.7 Å². The van der Waals surface area contributed by atoms with E-state index in [4.69, 9.17) is 0 Å². The van der Waals surface area contributed by atoms with Crippen LogP contribution in [0.2, 0.25) is 0 Å². The fraction of sp³-hybridized carbons (Fsp3) is 0.214. The summed E-state index contributed by atoms with van der Waals surface area (Å²) in [5, 5.41) is 14.1. The monoisotopic (exact) mass is 335 g/mol. The van der Waals surface area contributed by atoms with Crippen molar-refractivity contribution < 1.29 is 4.92 Å². The first-order chi connectivity index (χ1) is 9.47. The van der Waals surface area contributed by atoms with Gasteiger partial charge in [0, 0.05) is 16.2 Å². The van der Waals surface area contributed by atoms with Gasteiger partial charge in [0.05, 0.1) is 11.0 Å². The van der Waals surface area contributed by atoms with Gasteiger partial charge in [-0.2, -0.15) is 0 Å². The van der Waals surface area contributed by atoms with Gasteiger partial charge < -0.3 is 5.32 Å². The molecule has 0 aliphatic rings. The molecule has 0 radical (unpaired) electrons. The smallest absolute Gasteiger partial charge is 0.311 e. The molecule has 0 saturated carbocycles. The van der Waals surface area contributed by atoms with E-state index in [1.54, 1.807) is 13.0 Å². The summed E-state index contributed by atoms with van der Waals surface area (Å²) in [6, 6.07) is 10.8. The molecule has 0 saturated heterocycles. The zero-order valence-corrected chi connectivity index (χ0v) is 12.7. The molecule has 6 heteroatoms. The van der Waals surface area contributed by atoms with Gasteiger partial charge in [0.25, 0.3) is 0 Å². The van der Waals surface area contributed by atoms with Gasteiger partial charge in [-0.1, -0.05) is 28.1 Å². The summed E-state index contributed by atoms with van der Waals surface area (Å²) in [5.41, 5.74) is 1.74. The predicted octanol–water partition coefficient (Wildman–Crippen LogP) is 4.23. The minimum Gasteiger partial charge on any atom is -0.358 e. The van der Waals surface area contributed by atoms with Crippen LogP contribution in [-0.2, 0) is 0 Å². The number of hydrogen-bond acceptors (Lipinski definition) is 4. The lowest BCUT2D eigenvalue weighted by atomic mass is 10.1. The van der Waals surface area contributed by atoms with E-state index in [9.17, 15) is 10.1 Å². The highest BCUT2D eigenvalue weighted by molar-refractivity contribution is 9.10. The molecule has 1 aromatic heterocycles. The van der Waals surface area contributed by atoms with Crippen molar-refractivity contribution >= 4 is 27.4 Å². The highest BCUT2D eigenvalue weighted by Crippen LogP contribution is 2.27. The van der Waals surface area contributed by atoms with Gasteiger partial charge in [0.1, 0.15) is 0 Å². The van der Waals surface area contributed by atoms with Crippen LogP contribution in [0.4, 0.5) is 11.5 Å². The molecule has 0 amide bonds. The summed E-state index contributed by atoms with van der Waals surface area (Å²) in [7, 11) is 0. The number of nitro groups is 1. The molecule has 20 heavy (non-hydrogen) atoms. The molecular formula is C14H14BrN3O2. The Morgan fingerprint density at radius 1 is 1.35 bits per heavy atom. The number of hydrogen-bond donors (Lipinski definition) is 1. The van der Waals surface area contributed by atoms with Crippen LogP contribution < -0.4 is 5.32 Å². The van der Waals surface area contributed by atoms with Crippen molar-refractivity contribution in [3.8, 4) is 0 Å². The van der Waals surface area contributed by atoms with Crippen LogP contribution in [0.15, 0.2) is 40.9 Å². The lowest BCUT2D eigenvalue weighted by Gasteiger charge is -2.15. The first-order valence-electron chi connectivity index (χ1n) is 6.11. The van der Waals surface area contributed by atoms with Crippen LogP contribution in [0.5, 0.6) is 0 Å². The molecule has 1 atom stereocenters. The highest BCUT2D eigenvalue weighted by Gasteiger charge is 2.17. The molecule has 0 aliphatic heterocycles. The molecule has 0 fully saturated rings. The average Bonchev–Trinajstić information content (AvgIpc) is 2.38. The van der Waals surface area contributed by atoms with Crippen LogP contribution in [0, 0.1) is 17.0 Å². The summed E-state index contributed by atoms with van der Waals surface area (Å²) < 4.78 is 0.968. The topological polar surface area (TPSA) is 68.1 Å². The Hall–Kier alpha value is -1.95. The molecule has 1 aromatic carbocycles. The molecule has 0 aliphatic carbocycles. The van der Waals surface area contributed by atoms with Crippen molar-refractivity contribution in [2.75, 3.05) is 5.32 Å². The summed E-state index contributed by atoms with van der Waals surface area (Å²) >= 11 is 3.41. The van der Waals surface area contributed by atoms with Crippen molar-refractivity contribution in [3.05, 3.63) is 62.2 Å². The van der Waals surface area contributed by atoms with E-state index in [0.29, 0.717) is 5.82 Å². The largest absolute Gasteiger partial charge is 0.358 e. The van der Waals surface area contributed by atoms with Crippen LogP contribution in [-0.4, -0.2) is 9.91 Å². The minimum atomic E-state index is -0.428. The molecule has 2 rings (SSSR count). The zero-order chi connectivity index (χ0) is 14.7. The fourth-order valence-electron chi connectivity index (χ4n) is 1.87. The standard InChI is InChI=1S/C14H14BrN3O2/c1-9-6-7-13(18(19)20)14(16-9)17-10(2)11-4-3-5-12(15)8-11/h3-8,10H,1-2H3,(H,16,17). The lowest BCUT2D eigenvalue weighted by molar-refractivity contribution is -0.384. The number of nitrogens with one attached hydrogen (secondary N) is 1. The predicted molar refractivity (Wildman–Crippen MR) is 81.8 cm³/mol. The molecule has 1 unspecified atom stereocenters. The first-order valence-corrected chi connectivity index (χ1v) is 6.90. The van der Waals surface area contributed by atoms with Gasteiger partial charge in [0.15, 0.2) is 0 Å². The third-order valence-electron chi connectivity index (χ3n) is 2.91. The minimum absolute atomic E-state index is 0.0163. The Kier molecular flexibility index (Phi) is 4.34. The summed E-state index contributed by atoms with van der Waals surface area (Å²) in [4.78, 5) is 14.8. The number of aryl methyl sites for hydroxylation is 1. The highest BCUT2D eigenvalue weighted by atomic mass is 79.9. The number of pyridine rings is 1. The van der Waals surface area contributed by atoms with Crippen molar-refractivity contribution in [1.29, 1.82) is 0 Å². The number of anilines is 1. The molecule has 1 heterocycles. The fourth-order valence-corrected chi connectivity index (χ4v) is 2.28. The van der Waals surface area contributed by atoms with Gasteiger partial charge in [-0.25, -0.2) is 4.98 Å². The van der Waals surface area contributed by atoms with Crippen LogP contribution in [0.1, 0.15) is 24.2 Å². The lowest BCUT2D eigenvalue weighted by Crippen LogP contribution is -2.10. The second-order valence-corrected chi connectivity index (χ2v) is 5.41. The van der Waals surface area contributed by atoms with E-state index in [1.165, 1.54) is 6.07 Å². The Morgan fingerprint density at radius 2 is 2.10 bits per heavy atom.